The van der Waals surface area contributed by atoms with Gasteiger partial charge < -0.3 is 9.84 Å². The van der Waals surface area contributed by atoms with Gasteiger partial charge in [0.05, 0.1) is 19.3 Å². The zero-order valence-corrected chi connectivity index (χ0v) is 12.4. The minimum absolute atomic E-state index is 0.0315. The number of aliphatic hydroxyl groups is 1. The van der Waals surface area contributed by atoms with Crippen molar-refractivity contribution < 1.29 is 9.84 Å². The SMILES string of the molecule is OCCOC1C(c2ccccc2)=CC=CC1c1ccccc1. The van der Waals surface area contributed by atoms with Crippen LogP contribution < -0.4 is 0 Å². The Balaban J connectivity index is 1.95. The summed E-state index contributed by atoms with van der Waals surface area (Å²) in [6.07, 6.45) is 6.29. The minimum Gasteiger partial charge on any atom is -0.394 e. The van der Waals surface area contributed by atoms with Crippen molar-refractivity contribution in [1.82, 2.24) is 0 Å². The first-order chi connectivity index (χ1) is 10.9. The van der Waals surface area contributed by atoms with E-state index in [0.717, 1.165) is 11.1 Å². The highest BCUT2D eigenvalue weighted by atomic mass is 16.5. The lowest BCUT2D eigenvalue weighted by atomic mass is 9.82. The van der Waals surface area contributed by atoms with Crippen molar-refractivity contribution in [1.29, 1.82) is 0 Å². The summed E-state index contributed by atoms with van der Waals surface area (Å²) in [7, 11) is 0. The number of ether oxygens (including phenoxy) is 1. The van der Waals surface area contributed by atoms with E-state index in [9.17, 15) is 0 Å². The molecule has 2 unspecified atom stereocenters. The Morgan fingerprint density at radius 3 is 2.27 bits per heavy atom. The van der Waals surface area contributed by atoms with Crippen LogP contribution in [0.15, 0.2) is 78.9 Å². The number of aliphatic hydroxyl groups excluding tert-OH is 1. The van der Waals surface area contributed by atoms with Crippen LogP contribution in [0, 0.1) is 0 Å². The molecule has 0 radical (unpaired) electrons. The highest BCUT2D eigenvalue weighted by Gasteiger charge is 2.28. The summed E-state index contributed by atoms with van der Waals surface area (Å²) in [4.78, 5) is 0. The number of rotatable bonds is 5. The molecular weight excluding hydrogens is 272 g/mol. The van der Waals surface area contributed by atoms with Gasteiger partial charge in [-0.05, 0) is 16.7 Å². The van der Waals surface area contributed by atoms with E-state index in [0.29, 0.717) is 6.61 Å². The van der Waals surface area contributed by atoms with Crippen molar-refractivity contribution in [3.63, 3.8) is 0 Å². The second-order valence-electron chi connectivity index (χ2n) is 5.32. The predicted molar refractivity (Wildman–Crippen MR) is 89.6 cm³/mol. The minimum atomic E-state index is -0.0815. The molecule has 0 spiro atoms. The van der Waals surface area contributed by atoms with E-state index < -0.39 is 0 Å². The van der Waals surface area contributed by atoms with Gasteiger partial charge in [-0.25, -0.2) is 0 Å². The molecule has 2 heteroatoms. The standard InChI is InChI=1S/C20H20O2/c21-14-15-22-20-18(16-8-3-1-4-9-16)12-7-13-19(20)17-10-5-2-6-11-17/h1-13,18,20-21H,14-15H2. The summed E-state index contributed by atoms with van der Waals surface area (Å²) >= 11 is 0. The summed E-state index contributed by atoms with van der Waals surface area (Å²) in [5.41, 5.74) is 3.55. The molecule has 2 aromatic carbocycles. The molecule has 22 heavy (non-hydrogen) atoms. The van der Waals surface area contributed by atoms with Gasteiger partial charge in [-0.3, -0.25) is 0 Å². The molecule has 1 aliphatic rings. The lowest BCUT2D eigenvalue weighted by Crippen LogP contribution is -2.26. The third-order valence-corrected chi connectivity index (χ3v) is 3.91. The van der Waals surface area contributed by atoms with E-state index >= 15 is 0 Å². The van der Waals surface area contributed by atoms with Gasteiger partial charge in [-0.1, -0.05) is 78.9 Å². The van der Waals surface area contributed by atoms with Gasteiger partial charge in [-0.15, -0.1) is 0 Å². The summed E-state index contributed by atoms with van der Waals surface area (Å²) in [6, 6.07) is 20.7. The molecule has 0 heterocycles. The first kappa shape index (κ1) is 14.8. The van der Waals surface area contributed by atoms with Crippen LogP contribution in [0.4, 0.5) is 0 Å². The number of hydrogen-bond donors (Lipinski definition) is 1. The highest BCUT2D eigenvalue weighted by molar-refractivity contribution is 5.73. The smallest absolute Gasteiger partial charge is 0.0935 e. The molecule has 112 valence electrons. The van der Waals surface area contributed by atoms with Gasteiger partial charge in [0.25, 0.3) is 0 Å². The lowest BCUT2D eigenvalue weighted by Gasteiger charge is -2.30. The van der Waals surface area contributed by atoms with Crippen molar-refractivity contribution in [2.24, 2.45) is 0 Å². The summed E-state index contributed by atoms with van der Waals surface area (Å²) in [5.74, 6) is 0.160. The molecule has 0 amide bonds. The normalized spacial score (nSPS) is 20.7. The second-order valence-corrected chi connectivity index (χ2v) is 5.32. The average molecular weight is 292 g/mol. The van der Waals surface area contributed by atoms with Crippen LogP contribution in [-0.2, 0) is 4.74 Å². The van der Waals surface area contributed by atoms with Crippen LogP contribution in [0.5, 0.6) is 0 Å². The quantitative estimate of drug-likeness (QED) is 0.908. The second kappa shape index (κ2) is 7.21. The Hall–Kier alpha value is -2.16. The van der Waals surface area contributed by atoms with Crippen molar-refractivity contribution >= 4 is 5.57 Å². The zero-order chi connectivity index (χ0) is 15.2. The topological polar surface area (TPSA) is 29.5 Å². The molecule has 0 aromatic heterocycles. The fourth-order valence-electron chi connectivity index (χ4n) is 2.89. The third-order valence-electron chi connectivity index (χ3n) is 3.91. The Labute approximate surface area is 131 Å². The van der Waals surface area contributed by atoms with Gasteiger partial charge in [0, 0.05) is 5.92 Å². The fraction of sp³-hybridized carbons (Fsp3) is 0.200. The largest absolute Gasteiger partial charge is 0.394 e. The average Bonchev–Trinajstić information content (AvgIpc) is 2.61. The van der Waals surface area contributed by atoms with Crippen LogP contribution in [0.25, 0.3) is 5.57 Å². The van der Waals surface area contributed by atoms with Crippen LogP contribution in [0.2, 0.25) is 0 Å². The predicted octanol–water partition coefficient (Wildman–Crippen LogP) is 3.80. The Kier molecular flexibility index (Phi) is 4.84. The first-order valence-corrected chi connectivity index (χ1v) is 7.61. The number of benzene rings is 2. The van der Waals surface area contributed by atoms with E-state index in [2.05, 4.69) is 42.5 Å². The van der Waals surface area contributed by atoms with Gasteiger partial charge in [-0.2, -0.15) is 0 Å². The Bertz CT molecular complexity index is 644. The first-order valence-electron chi connectivity index (χ1n) is 7.61. The molecule has 0 aliphatic heterocycles. The fourth-order valence-corrected chi connectivity index (χ4v) is 2.89. The van der Waals surface area contributed by atoms with Gasteiger partial charge in [0.1, 0.15) is 0 Å². The molecule has 0 saturated carbocycles. The monoisotopic (exact) mass is 292 g/mol. The maximum absolute atomic E-state index is 9.15. The van der Waals surface area contributed by atoms with E-state index in [4.69, 9.17) is 9.84 Å². The van der Waals surface area contributed by atoms with Crippen molar-refractivity contribution in [2.45, 2.75) is 12.0 Å². The Morgan fingerprint density at radius 1 is 0.909 bits per heavy atom. The molecule has 0 fully saturated rings. The lowest BCUT2D eigenvalue weighted by molar-refractivity contribution is 0.0522. The molecule has 1 aliphatic carbocycles. The van der Waals surface area contributed by atoms with Crippen LogP contribution in [0.1, 0.15) is 17.0 Å². The molecule has 1 N–H and O–H groups in total. The van der Waals surface area contributed by atoms with Crippen LogP contribution in [-0.4, -0.2) is 24.4 Å². The summed E-state index contributed by atoms with van der Waals surface area (Å²) in [6.45, 7) is 0.371. The van der Waals surface area contributed by atoms with Crippen LogP contribution in [0.3, 0.4) is 0 Å². The van der Waals surface area contributed by atoms with E-state index in [1.165, 1.54) is 5.56 Å². The number of allylic oxidation sites excluding steroid dienone is 2. The molecule has 2 atom stereocenters. The zero-order valence-electron chi connectivity index (χ0n) is 12.4. The van der Waals surface area contributed by atoms with Crippen LogP contribution >= 0.6 is 0 Å². The Morgan fingerprint density at radius 2 is 1.59 bits per heavy atom. The van der Waals surface area contributed by atoms with Crippen molar-refractivity contribution in [3.8, 4) is 0 Å². The molecule has 3 rings (SSSR count). The van der Waals surface area contributed by atoms with E-state index in [1.807, 2.05) is 36.4 Å². The molecule has 0 bridgehead atoms. The van der Waals surface area contributed by atoms with E-state index in [-0.39, 0.29) is 18.6 Å². The summed E-state index contributed by atoms with van der Waals surface area (Å²) in [5, 5.41) is 9.15. The van der Waals surface area contributed by atoms with Crippen molar-refractivity contribution in [2.75, 3.05) is 13.2 Å². The molecule has 0 saturated heterocycles. The summed E-state index contributed by atoms with van der Waals surface area (Å²) < 4.78 is 6.00. The maximum atomic E-state index is 9.15. The van der Waals surface area contributed by atoms with E-state index in [1.54, 1.807) is 0 Å². The molecule has 2 aromatic rings. The van der Waals surface area contributed by atoms with Gasteiger partial charge in [0.15, 0.2) is 0 Å². The van der Waals surface area contributed by atoms with Gasteiger partial charge >= 0.3 is 0 Å². The number of hydrogen-bond acceptors (Lipinski definition) is 2. The highest BCUT2D eigenvalue weighted by Crippen LogP contribution is 2.36. The maximum Gasteiger partial charge on any atom is 0.0935 e. The molecular formula is C20H20O2. The third kappa shape index (κ3) is 3.19. The van der Waals surface area contributed by atoms with Gasteiger partial charge in [0.2, 0.25) is 0 Å². The van der Waals surface area contributed by atoms with Crippen molar-refractivity contribution in [3.05, 3.63) is 90.0 Å². The molecule has 2 nitrogen and oxygen atoms in total.